The molecule has 0 amide bonds. The molecule has 0 unspecified atom stereocenters. The summed E-state index contributed by atoms with van der Waals surface area (Å²) in [6.45, 7) is 0.304. The maximum atomic E-state index is 11.0. The monoisotopic (exact) mass is 190 g/mol. The van der Waals surface area contributed by atoms with Crippen LogP contribution in [0.4, 0.5) is 0 Å². The summed E-state index contributed by atoms with van der Waals surface area (Å²) in [5.41, 5.74) is 6.20. The van der Waals surface area contributed by atoms with Gasteiger partial charge in [0.15, 0.2) is 0 Å². The Morgan fingerprint density at radius 3 is 2.93 bits per heavy atom. The van der Waals surface area contributed by atoms with Crippen LogP contribution in [0.2, 0.25) is 0 Å². The maximum Gasteiger partial charge on any atom is 0.356 e. The predicted molar refractivity (Wildman–Crippen MR) is 51.5 cm³/mol. The number of carbonyl (C=O) groups excluding carboxylic acids is 1. The molecule has 0 bridgehead atoms. The molecule has 0 saturated heterocycles. The van der Waals surface area contributed by atoms with E-state index >= 15 is 0 Å². The van der Waals surface area contributed by atoms with Gasteiger partial charge in [0.25, 0.3) is 0 Å². The van der Waals surface area contributed by atoms with E-state index in [1.54, 1.807) is 12.1 Å². The molecule has 0 radical (unpaired) electrons. The average molecular weight is 190 g/mol. The van der Waals surface area contributed by atoms with Gasteiger partial charge in [0.05, 0.1) is 13.7 Å². The van der Waals surface area contributed by atoms with E-state index in [9.17, 15) is 4.79 Å². The Hall–Kier alpha value is -1.86. The predicted octanol–water partition coefficient (Wildman–Crippen LogP) is 0.178. The van der Waals surface area contributed by atoms with Crippen molar-refractivity contribution in [2.45, 2.75) is 0 Å². The van der Waals surface area contributed by atoms with Gasteiger partial charge in [-0.1, -0.05) is 11.8 Å². The van der Waals surface area contributed by atoms with Gasteiger partial charge >= 0.3 is 5.97 Å². The molecule has 0 fully saturated rings. The molecule has 4 heteroatoms. The van der Waals surface area contributed by atoms with Crippen molar-refractivity contribution in [3.8, 4) is 11.8 Å². The first-order valence-electron chi connectivity index (χ1n) is 4.01. The molecule has 4 nitrogen and oxygen atoms in total. The molecule has 1 rings (SSSR count). The summed E-state index contributed by atoms with van der Waals surface area (Å²) in [7, 11) is 1.31. The second-order valence-corrected chi connectivity index (χ2v) is 2.43. The van der Waals surface area contributed by atoms with Crippen molar-refractivity contribution in [1.29, 1.82) is 0 Å². The Kier molecular flexibility index (Phi) is 3.65. The zero-order valence-electron chi connectivity index (χ0n) is 7.78. The molecular weight excluding hydrogens is 180 g/mol. The van der Waals surface area contributed by atoms with Crippen molar-refractivity contribution >= 4 is 5.97 Å². The molecule has 0 saturated carbocycles. The van der Waals surface area contributed by atoms with Crippen molar-refractivity contribution in [3.05, 3.63) is 29.6 Å². The minimum absolute atomic E-state index is 0.269. The second kappa shape index (κ2) is 5.00. The number of methoxy groups -OCH3 is 1. The number of hydrogen-bond donors (Lipinski definition) is 1. The summed E-state index contributed by atoms with van der Waals surface area (Å²) < 4.78 is 4.50. The summed E-state index contributed by atoms with van der Waals surface area (Å²) in [6, 6.07) is 3.26. The zero-order chi connectivity index (χ0) is 10.4. The van der Waals surface area contributed by atoms with E-state index in [1.807, 2.05) is 0 Å². The van der Waals surface area contributed by atoms with Crippen LogP contribution in [0.1, 0.15) is 16.1 Å². The SMILES string of the molecule is COC(=O)c1ccc(C#CCN)cn1. The van der Waals surface area contributed by atoms with Crippen LogP contribution in [0.5, 0.6) is 0 Å². The lowest BCUT2D eigenvalue weighted by molar-refractivity contribution is 0.0594. The largest absolute Gasteiger partial charge is 0.464 e. The van der Waals surface area contributed by atoms with Gasteiger partial charge in [-0.3, -0.25) is 0 Å². The number of ether oxygens (including phenoxy) is 1. The van der Waals surface area contributed by atoms with Gasteiger partial charge < -0.3 is 10.5 Å². The lowest BCUT2D eigenvalue weighted by Gasteiger charge is -1.96. The van der Waals surface area contributed by atoms with Crippen LogP contribution in [0.15, 0.2) is 18.3 Å². The summed E-state index contributed by atoms with van der Waals surface area (Å²) in [6.07, 6.45) is 1.51. The van der Waals surface area contributed by atoms with Crippen LogP contribution < -0.4 is 5.73 Å². The molecule has 0 aliphatic heterocycles. The summed E-state index contributed by atoms with van der Waals surface area (Å²) >= 11 is 0. The fraction of sp³-hybridized carbons (Fsp3) is 0.200. The maximum absolute atomic E-state index is 11.0. The third-order valence-electron chi connectivity index (χ3n) is 1.49. The molecular formula is C10H10N2O2. The van der Waals surface area contributed by atoms with Gasteiger partial charge in [-0.15, -0.1) is 0 Å². The van der Waals surface area contributed by atoms with E-state index in [0.717, 1.165) is 5.56 Å². The van der Waals surface area contributed by atoms with E-state index in [1.165, 1.54) is 13.3 Å². The Morgan fingerprint density at radius 1 is 1.64 bits per heavy atom. The van der Waals surface area contributed by atoms with Crippen LogP contribution in [-0.2, 0) is 4.74 Å². The van der Waals surface area contributed by atoms with Crippen LogP contribution in [0.25, 0.3) is 0 Å². The number of nitrogens with zero attached hydrogens (tertiary/aromatic N) is 1. The number of carbonyl (C=O) groups is 1. The molecule has 1 heterocycles. The number of hydrogen-bond acceptors (Lipinski definition) is 4. The Labute approximate surface area is 82.1 Å². The van der Waals surface area contributed by atoms with Gasteiger partial charge in [0.2, 0.25) is 0 Å². The summed E-state index contributed by atoms with van der Waals surface area (Å²) in [5.74, 6) is 5.03. The lowest BCUT2D eigenvalue weighted by atomic mass is 10.2. The molecule has 0 aliphatic rings. The molecule has 0 aliphatic carbocycles. The smallest absolute Gasteiger partial charge is 0.356 e. The fourth-order valence-electron chi connectivity index (χ4n) is 0.846. The van der Waals surface area contributed by atoms with Crippen molar-refractivity contribution in [2.75, 3.05) is 13.7 Å². The topological polar surface area (TPSA) is 65.2 Å². The third-order valence-corrected chi connectivity index (χ3v) is 1.49. The first kappa shape index (κ1) is 10.2. The Morgan fingerprint density at radius 2 is 2.43 bits per heavy atom. The molecule has 14 heavy (non-hydrogen) atoms. The zero-order valence-corrected chi connectivity index (χ0v) is 7.78. The van der Waals surface area contributed by atoms with E-state index in [2.05, 4.69) is 21.6 Å². The molecule has 1 aromatic rings. The molecule has 2 N–H and O–H groups in total. The highest BCUT2D eigenvalue weighted by molar-refractivity contribution is 5.87. The normalized spacial score (nSPS) is 8.71. The standard InChI is InChI=1S/C10H10N2O2/c1-14-10(13)9-5-4-8(7-12-9)3-2-6-11/h4-5,7H,6,11H2,1H3. The highest BCUT2D eigenvalue weighted by atomic mass is 16.5. The van der Waals surface area contributed by atoms with Crippen molar-refractivity contribution in [3.63, 3.8) is 0 Å². The van der Waals surface area contributed by atoms with Crippen molar-refractivity contribution < 1.29 is 9.53 Å². The highest BCUT2D eigenvalue weighted by Gasteiger charge is 2.04. The number of aromatic nitrogens is 1. The molecule has 0 spiro atoms. The number of rotatable bonds is 1. The Balaban J connectivity index is 2.83. The van der Waals surface area contributed by atoms with Crippen molar-refractivity contribution in [2.24, 2.45) is 5.73 Å². The summed E-state index contributed by atoms with van der Waals surface area (Å²) in [4.78, 5) is 14.9. The molecule has 1 aromatic heterocycles. The van der Waals surface area contributed by atoms with E-state index < -0.39 is 5.97 Å². The van der Waals surface area contributed by atoms with E-state index in [-0.39, 0.29) is 5.69 Å². The molecule has 0 aromatic carbocycles. The number of pyridine rings is 1. The molecule has 72 valence electrons. The van der Waals surface area contributed by atoms with E-state index in [0.29, 0.717) is 6.54 Å². The van der Waals surface area contributed by atoms with Gasteiger partial charge in [-0.2, -0.15) is 0 Å². The first-order valence-corrected chi connectivity index (χ1v) is 4.01. The van der Waals surface area contributed by atoms with E-state index in [4.69, 9.17) is 5.73 Å². The minimum atomic E-state index is -0.455. The highest BCUT2D eigenvalue weighted by Crippen LogP contribution is 1.99. The van der Waals surface area contributed by atoms with Crippen LogP contribution >= 0.6 is 0 Å². The average Bonchev–Trinajstić information content (AvgIpc) is 2.26. The van der Waals surface area contributed by atoms with Crippen LogP contribution in [0.3, 0.4) is 0 Å². The van der Waals surface area contributed by atoms with Crippen molar-refractivity contribution in [1.82, 2.24) is 4.98 Å². The minimum Gasteiger partial charge on any atom is -0.464 e. The number of esters is 1. The van der Waals surface area contributed by atoms with Gasteiger partial charge in [0.1, 0.15) is 5.69 Å². The molecule has 0 atom stereocenters. The van der Waals surface area contributed by atoms with Crippen LogP contribution in [-0.4, -0.2) is 24.6 Å². The Bertz CT molecular complexity index is 373. The number of nitrogens with two attached hydrogens (primary N) is 1. The fourth-order valence-corrected chi connectivity index (χ4v) is 0.846. The lowest BCUT2D eigenvalue weighted by Crippen LogP contribution is -2.03. The quantitative estimate of drug-likeness (QED) is 0.506. The first-order chi connectivity index (χ1) is 6.77. The third kappa shape index (κ3) is 2.57. The van der Waals surface area contributed by atoms with Gasteiger partial charge in [-0.05, 0) is 12.1 Å². The summed E-state index contributed by atoms with van der Waals surface area (Å²) in [5, 5.41) is 0. The van der Waals surface area contributed by atoms with Crippen LogP contribution in [0, 0.1) is 11.8 Å². The van der Waals surface area contributed by atoms with Gasteiger partial charge in [0, 0.05) is 11.8 Å². The second-order valence-electron chi connectivity index (χ2n) is 2.43. The van der Waals surface area contributed by atoms with Gasteiger partial charge in [-0.25, -0.2) is 9.78 Å².